The van der Waals surface area contributed by atoms with Gasteiger partial charge >= 0.3 is 5.00 Å². The van der Waals surface area contributed by atoms with Gasteiger partial charge in [0.25, 0.3) is 5.91 Å². The van der Waals surface area contributed by atoms with Gasteiger partial charge in [0.15, 0.2) is 0 Å². The summed E-state index contributed by atoms with van der Waals surface area (Å²) in [6.07, 6.45) is 0. The zero-order chi connectivity index (χ0) is 16.2. The second kappa shape index (κ2) is 7.03. The van der Waals surface area contributed by atoms with Crippen LogP contribution in [-0.2, 0) is 13.1 Å². The van der Waals surface area contributed by atoms with Crippen molar-refractivity contribution in [2.75, 3.05) is 0 Å². The van der Waals surface area contributed by atoms with Crippen molar-refractivity contribution in [2.45, 2.75) is 13.1 Å². The number of nitro groups is 1. The van der Waals surface area contributed by atoms with Crippen LogP contribution in [0.4, 0.5) is 5.00 Å². The molecule has 23 heavy (non-hydrogen) atoms. The van der Waals surface area contributed by atoms with E-state index in [2.05, 4.69) is 0 Å². The molecule has 0 unspecified atom stereocenters. The summed E-state index contributed by atoms with van der Waals surface area (Å²) in [7, 11) is 0. The van der Waals surface area contributed by atoms with Gasteiger partial charge in [-0.3, -0.25) is 14.9 Å². The molecule has 118 valence electrons. The van der Waals surface area contributed by atoms with E-state index in [0.29, 0.717) is 18.0 Å². The smallest absolute Gasteiger partial charge is 0.324 e. The van der Waals surface area contributed by atoms with Crippen molar-refractivity contribution in [2.24, 2.45) is 0 Å². The van der Waals surface area contributed by atoms with Crippen LogP contribution in [0.15, 0.2) is 47.2 Å². The Morgan fingerprint density at radius 3 is 2.09 bits per heavy atom. The summed E-state index contributed by atoms with van der Waals surface area (Å²) < 4.78 is 0. The SMILES string of the molecule is O=C(c1ccc([N+](=O)[O-])s1)N(Cc1cccs1)Cc1cccs1. The van der Waals surface area contributed by atoms with Gasteiger partial charge in [-0.1, -0.05) is 23.5 Å². The quantitative estimate of drug-likeness (QED) is 0.473. The molecule has 0 atom stereocenters. The fraction of sp³-hybridized carbons (Fsp3) is 0.133. The lowest BCUT2D eigenvalue weighted by Crippen LogP contribution is -2.28. The van der Waals surface area contributed by atoms with Gasteiger partial charge < -0.3 is 4.90 Å². The Morgan fingerprint density at radius 1 is 1.04 bits per heavy atom. The Bertz CT molecular complexity index is 758. The normalized spacial score (nSPS) is 10.6. The van der Waals surface area contributed by atoms with Crippen LogP contribution in [0.2, 0.25) is 0 Å². The minimum atomic E-state index is -0.468. The number of hydrogen-bond acceptors (Lipinski definition) is 6. The lowest BCUT2D eigenvalue weighted by atomic mass is 10.3. The molecule has 0 aliphatic rings. The fourth-order valence-electron chi connectivity index (χ4n) is 2.08. The van der Waals surface area contributed by atoms with Crippen molar-refractivity contribution < 1.29 is 9.72 Å². The minimum Gasteiger partial charge on any atom is -0.328 e. The average molecular weight is 364 g/mol. The Hall–Kier alpha value is -2.03. The third-order valence-corrected chi connectivity index (χ3v) is 5.87. The van der Waals surface area contributed by atoms with Gasteiger partial charge in [0, 0.05) is 15.8 Å². The molecule has 1 amide bonds. The van der Waals surface area contributed by atoms with Crippen LogP contribution in [0.5, 0.6) is 0 Å². The summed E-state index contributed by atoms with van der Waals surface area (Å²) in [6.45, 7) is 1.00. The number of thiophene rings is 3. The average Bonchev–Trinajstić information content (AvgIpc) is 3.28. The van der Waals surface area contributed by atoms with E-state index in [4.69, 9.17) is 0 Å². The summed E-state index contributed by atoms with van der Waals surface area (Å²) in [6, 6.07) is 10.8. The first-order chi connectivity index (χ1) is 11.1. The van der Waals surface area contributed by atoms with Gasteiger partial charge in [-0.2, -0.15) is 0 Å². The predicted octanol–water partition coefficient (Wildman–Crippen LogP) is 4.62. The molecule has 0 saturated heterocycles. The van der Waals surface area contributed by atoms with Crippen molar-refractivity contribution in [3.05, 3.63) is 71.9 Å². The molecule has 3 heterocycles. The summed E-state index contributed by atoms with van der Waals surface area (Å²) in [5.41, 5.74) is 0. The van der Waals surface area contributed by atoms with Crippen LogP contribution >= 0.6 is 34.0 Å². The van der Waals surface area contributed by atoms with Gasteiger partial charge in [-0.05, 0) is 29.0 Å². The maximum Gasteiger partial charge on any atom is 0.324 e. The standard InChI is InChI=1S/C15H12N2O3S3/c18-15(13-5-6-14(23-13)17(19)20)16(9-11-3-1-7-21-11)10-12-4-2-8-22-12/h1-8H,9-10H2. The molecule has 0 aromatic carbocycles. The maximum absolute atomic E-state index is 12.8. The van der Waals surface area contributed by atoms with E-state index in [-0.39, 0.29) is 10.9 Å². The molecule has 8 heteroatoms. The van der Waals surface area contributed by atoms with Gasteiger partial charge in [0.2, 0.25) is 0 Å². The summed E-state index contributed by atoms with van der Waals surface area (Å²) in [5.74, 6) is -0.176. The zero-order valence-corrected chi connectivity index (χ0v) is 14.3. The molecule has 0 aliphatic carbocycles. The molecule has 3 aromatic rings. The van der Waals surface area contributed by atoms with Crippen LogP contribution in [0.1, 0.15) is 19.4 Å². The Labute approximate surface area is 144 Å². The Morgan fingerprint density at radius 2 is 1.65 bits per heavy atom. The lowest BCUT2D eigenvalue weighted by molar-refractivity contribution is -0.380. The monoisotopic (exact) mass is 364 g/mol. The number of carbonyl (C=O) groups is 1. The molecular formula is C15H12N2O3S3. The van der Waals surface area contributed by atoms with E-state index in [9.17, 15) is 14.9 Å². The first-order valence-corrected chi connectivity index (χ1v) is 9.29. The molecule has 0 aliphatic heterocycles. The van der Waals surface area contributed by atoms with E-state index in [1.54, 1.807) is 27.6 Å². The predicted molar refractivity (Wildman–Crippen MR) is 93.2 cm³/mol. The van der Waals surface area contributed by atoms with Crippen LogP contribution in [0, 0.1) is 10.1 Å². The summed E-state index contributed by atoms with van der Waals surface area (Å²) >= 11 is 4.10. The third-order valence-electron chi connectivity index (χ3n) is 3.12. The second-order valence-corrected chi connectivity index (χ2v) is 7.84. The summed E-state index contributed by atoms with van der Waals surface area (Å²) in [4.78, 5) is 27.4. The van der Waals surface area contributed by atoms with Crippen molar-refractivity contribution in [3.8, 4) is 0 Å². The van der Waals surface area contributed by atoms with Crippen molar-refractivity contribution >= 4 is 44.9 Å². The van der Waals surface area contributed by atoms with E-state index in [0.717, 1.165) is 21.1 Å². The number of nitrogens with zero attached hydrogens (tertiary/aromatic N) is 2. The van der Waals surface area contributed by atoms with Crippen LogP contribution in [0.3, 0.4) is 0 Å². The zero-order valence-electron chi connectivity index (χ0n) is 11.9. The molecule has 0 bridgehead atoms. The van der Waals surface area contributed by atoms with Gasteiger partial charge in [-0.15, -0.1) is 22.7 Å². The van der Waals surface area contributed by atoms with E-state index in [1.165, 1.54) is 12.1 Å². The molecular weight excluding hydrogens is 352 g/mol. The van der Waals surface area contributed by atoms with Gasteiger partial charge in [-0.25, -0.2) is 0 Å². The van der Waals surface area contributed by atoms with E-state index < -0.39 is 4.92 Å². The fourth-order valence-corrected chi connectivity index (χ4v) is 4.30. The number of carbonyl (C=O) groups excluding carboxylic acids is 1. The molecule has 0 spiro atoms. The van der Waals surface area contributed by atoms with Gasteiger partial charge in [0.05, 0.1) is 22.9 Å². The molecule has 0 fully saturated rings. The van der Waals surface area contributed by atoms with E-state index >= 15 is 0 Å². The molecule has 0 radical (unpaired) electrons. The van der Waals surface area contributed by atoms with Crippen LogP contribution in [0.25, 0.3) is 0 Å². The Balaban J connectivity index is 1.83. The molecule has 5 nitrogen and oxygen atoms in total. The second-order valence-electron chi connectivity index (χ2n) is 4.71. The topological polar surface area (TPSA) is 63.4 Å². The van der Waals surface area contributed by atoms with Crippen molar-refractivity contribution in [1.82, 2.24) is 4.90 Å². The minimum absolute atomic E-state index is 0.0134. The number of amides is 1. The van der Waals surface area contributed by atoms with Crippen molar-refractivity contribution in [3.63, 3.8) is 0 Å². The number of rotatable bonds is 6. The largest absolute Gasteiger partial charge is 0.328 e. The van der Waals surface area contributed by atoms with Crippen LogP contribution in [-0.4, -0.2) is 15.7 Å². The first kappa shape index (κ1) is 15.9. The van der Waals surface area contributed by atoms with Crippen LogP contribution < -0.4 is 0 Å². The molecule has 3 aromatic heterocycles. The first-order valence-electron chi connectivity index (χ1n) is 6.72. The van der Waals surface area contributed by atoms with Crippen molar-refractivity contribution in [1.29, 1.82) is 0 Å². The highest BCUT2D eigenvalue weighted by Crippen LogP contribution is 2.27. The molecule has 3 rings (SSSR count). The maximum atomic E-state index is 12.8. The highest BCUT2D eigenvalue weighted by molar-refractivity contribution is 7.17. The highest BCUT2D eigenvalue weighted by atomic mass is 32.1. The highest BCUT2D eigenvalue weighted by Gasteiger charge is 2.22. The molecule has 0 N–H and O–H groups in total. The summed E-state index contributed by atoms with van der Waals surface area (Å²) in [5, 5.41) is 14.7. The third kappa shape index (κ3) is 3.84. The Kier molecular flexibility index (Phi) is 4.85. The lowest BCUT2D eigenvalue weighted by Gasteiger charge is -2.20. The van der Waals surface area contributed by atoms with Gasteiger partial charge in [0.1, 0.15) is 0 Å². The molecule has 0 saturated carbocycles. The van der Waals surface area contributed by atoms with E-state index in [1.807, 2.05) is 35.0 Å². The number of hydrogen-bond donors (Lipinski definition) is 0.